The van der Waals surface area contributed by atoms with E-state index < -0.39 is 5.60 Å². The number of para-hydroxylation sites is 1. The highest BCUT2D eigenvalue weighted by atomic mass is 16.6. The quantitative estimate of drug-likeness (QED) is 0.861. The fraction of sp³-hybridized carbons (Fsp3) is 0.474. The smallest absolute Gasteiger partial charge is 0.410 e. The molecular weight excluding hydrogens is 316 g/mol. The summed E-state index contributed by atoms with van der Waals surface area (Å²) in [6.07, 6.45) is 3.76. The lowest BCUT2D eigenvalue weighted by Crippen LogP contribution is -2.49. The molecule has 0 spiro atoms. The molecule has 25 heavy (non-hydrogen) atoms. The number of hydrogen-bond acceptors (Lipinski definition) is 4. The topological polar surface area (TPSA) is 50.6 Å². The summed E-state index contributed by atoms with van der Waals surface area (Å²) in [7, 11) is 0. The molecule has 1 fully saturated rings. The van der Waals surface area contributed by atoms with Crippen molar-refractivity contribution in [1.82, 2.24) is 19.6 Å². The Balaban J connectivity index is 1.51. The minimum absolute atomic E-state index is 0.218. The van der Waals surface area contributed by atoms with Crippen LogP contribution in [0.3, 0.4) is 0 Å². The molecule has 6 heteroatoms. The number of hydrogen-bond donors (Lipinski definition) is 0. The summed E-state index contributed by atoms with van der Waals surface area (Å²) < 4.78 is 7.33. The van der Waals surface area contributed by atoms with Crippen molar-refractivity contribution >= 4 is 6.09 Å². The highest BCUT2D eigenvalue weighted by Crippen LogP contribution is 2.14. The van der Waals surface area contributed by atoms with Crippen LogP contribution in [0.5, 0.6) is 0 Å². The molecule has 0 atom stereocenters. The normalized spacial score (nSPS) is 16.0. The third-order valence-electron chi connectivity index (χ3n) is 4.09. The van der Waals surface area contributed by atoms with Gasteiger partial charge in [-0.25, -0.2) is 9.48 Å². The number of piperazine rings is 1. The van der Waals surface area contributed by atoms with Crippen LogP contribution in [0.25, 0.3) is 5.69 Å². The monoisotopic (exact) mass is 342 g/mol. The van der Waals surface area contributed by atoms with Crippen molar-refractivity contribution in [3.63, 3.8) is 0 Å². The van der Waals surface area contributed by atoms with Gasteiger partial charge in [-0.1, -0.05) is 18.2 Å². The minimum Gasteiger partial charge on any atom is -0.444 e. The zero-order chi connectivity index (χ0) is 17.9. The molecule has 3 rings (SSSR count). The number of benzene rings is 1. The molecule has 0 N–H and O–H groups in total. The van der Waals surface area contributed by atoms with E-state index in [1.807, 2.05) is 62.0 Å². The average Bonchev–Trinajstić information content (AvgIpc) is 3.03. The lowest BCUT2D eigenvalue weighted by molar-refractivity contribution is 0.0139. The molecule has 0 aliphatic carbocycles. The summed E-state index contributed by atoms with van der Waals surface area (Å²) in [4.78, 5) is 16.2. The van der Waals surface area contributed by atoms with Gasteiger partial charge in [-0.3, -0.25) is 4.90 Å². The third kappa shape index (κ3) is 4.82. The van der Waals surface area contributed by atoms with Gasteiger partial charge in [0.1, 0.15) is 5.60 Å². The van der Waals surface area contributed by atoms with Gasteiger partial charge < -0.3 is 9.64 Å². The summed E-state index contributed by atoms with van der Waals surface area (Å²) >= 11 is 0. The van der Waals surface area contributed by atoms with Crippen molar-refractivity contribution in [3.8, 4) is 5.69 Å². The summed E-state index contributed by atoms with van der Waals surface area (Å²) in [6.45, 7) is 9.60. The molecule has 6 nitrogen and oxygen atoms in total. The number of rotatable bonds is 3. The van der Waals surface area contributed by atoms with Crippen LogP contribution < -0.4 is 0 Å². The van der Waals surface area contributed by atoms with Gasteiger partial charge in [0, 0.05) is 44.5 Å². The van der Waals surface area contributed by atoms with Crippen molar-refractivity contribution in [3.05, 3.63) is 48.3 Å². The Hall–Kier alpha value is -2.34. The van der Waals surface area contributed by atoms with Crippen LogP contribution >= 0.6 is 0 Å². The fourth-order valence-corrected chi connectivity index (χ4v) is 2.84. The first-order chi connectivity index (χ1) is 11.9. The van der Waals surface area contributed by atoms with Crippen molar-refractivity contribution in [1.29, 1.82) is 0 Å². The van der Waals surface area contributed by atoms with E-state index >= 15 is 0 Å². The summed E-state index contributed by atoms with van der Waals surface area (Å²) in [5, 5.41) is 4.44. The van der Waals surface area contributed by atoms with Gasteiger partial charge in [0.15, 0.2) is 0 Å². The lowest BCUT2D eigenvalue weighted by atomic mass is 10.2. The first kappa shape index (κ1) is 17.5. The van der Waals surface area contributed by atoms with Gasteiger partial charge in [-0.15, -0.1) is 0 Å². The molecule has 0 radical (unpaired) electrons. The third-order valence-corrected chi connectivity index (χ3v) is 4.09. The Labute approximate surface area is 149 Å². The molecule has 1 amide bonds. The number of amides is 1. The Morgan fingerprint density at radius 2 is 1.80 bits per heavy atom. The molecule has 0 saturated carbocycles. The molecule has 134 valence electrons. The van der Waals surface area contributed by atoms with Crippen LogP contribution in [0.4, 0.5) is 4.79 Å². The van der Waals surface area contributed by atoms with Crippen LogP contribution in [0.2, 0.25) is 0 Å². The van der Waals surface area contributed by atoms with Crippen molar-refractivity contribution < 1.29 is 9.53 Å². The van der Waals surface area contributed by atoms with Gasteiger partial charge in [0.05, 0.1) is 11.9 Å². The Morgan fingerprint density at radius 3 is 2.44 bits per heavy atom. The predicted molar refractivity (Wildman–Crippen MR) is 96.6 cm³/mol. The zero-order valence-electron chi connectivity index (χ0n) is 15.2. The van der Waals surface area contributed by atoms with Crippen LogP contribution in [-0.2, 0) is 11.3 Å². The Bertz CT molecular complexity index is 698. The Morgan fingerprint density at radius 1 is 1.12 bits per heavy atom. The maximum Gasteiger partial charge on any atom is 0.410 e. The lowest BCUT2D eigenvalue weighted by Gasteiger charge is -2.35. The molecule has 1 aromatic heterocycles. The Kier molecular flexibility index (Phi) is 5.08. The van der Waals surface area contributed by atoms with Crippen LogP contribution in [0.15, 0.2) is 42.7 Å². The van der Waals surface area contributed by atoms with Crippen molar-refractivity contribution in [2.45, 2.75) is 32.9 Å². The van der Waals surface area contributed by atoms with E-state index in [1.165, 1.54) is 5.56 Å². The van der Waals surface area contributed by atoms with Crippen LogP contribution in [0.1, 0.15) is 26.3 Å². The molecule has 1 aliphatic rings. The van der Waals surface area contributed by atoms with E-state index in [4.69, 9.17) is 4.74 Å². The second-order valence-corrected chi connectivity index (χ2v) is 7.37. The maximum atomic E-state index is 12.1. The average molecular weight is 342 g/mol. The molecule has 0 bridgehead atoms. The number of carbonyl (C=O) groups excluding carboxylic acids is 1. The van der Waals surface area contributed by atoms with E-state index in [-0.39, 0.29) is 6.09 Å². The molecule has 1 saturated heterocycles. The molecule has 0 unspecified atom stereocenters. The standard InChI is InChI=1S/C19H26N4O2/c1-19(2,3)25-18(24)22-11-9-21(10-12-22)14-16-13-20-23(15-16)17-7-5-4-6-8-17/h4-8,13,15H,9-12,14H2,1-3H3. The van der Waals surface area contributed by atoms with Crippen LogP contribution in [0, 0.1) is 0 Å². The summed E-state index contributed by atoms with van der Waals surface area (Å²) in [6, 6.07) is 10.1. The number of carbonyl (C=O) groups is 1. The van der Waals surface area contributed by atoms with E-state index in [9.17, 15) is 4.79 Å². The van der Waals surface area contributed by atoms with Gasteiger partial charge in [-0.05, 0) is 32.9 Å². The van der Waals surface area contributed by atoms with E-state index in [0.29, 0.717) is 13.1 Å². The molecule has 2 heterocycles. The zero-order valence-corrected chi connectivity index (χ0v) is 15.2. The predicted octanol–water partition coefficient (Wildman–Crippen LogP) is 2.93. The van der Waals surface area contributed by atoms with Gasteiger partial charge in [0.25, 0.3) is 0 Å². The van der Waals surface area contributed by atoms with Crippen LogP contribution in [-0.4, -0.2) is 57.5 Å². The van der Waals surface area contributed by atoms with Gasteiger partial charge in [-0.2, -0.15) is 5.10 Å². The van der Waals surface area contributed by atoms with Crippen molar-refractivity contribution in [2.24, 2.45) is 0 Å². The van der Waals surface area contributed by atoms with Gasteiger partial charge in [0.2, 0.25) is 0 Å². The largest absolute Gasteiger partial charge is 0.444 e. The highest BCUT2D eigenvalue weighted by Gasteiger charge is 2.25. The number of aromatic nitrogens is 2. The highest BCUT2D eigenvalue weighted by molar-refractivity contribution is 5.68. The minimum atomic E-state index is -0.444. The first-order valence-electron chi connectivity index (χ1n) is 8.70. The fourth-order valence-electron chi connectivity index (χ4n) is 2.84. The SMILES string of the molecule is CC(C)(C)OC(=O)N1CCN(Cc2cnn(-c3ccccc3)c2)CC1. The van der Waals surface area contributed by atoms with E-state index in [2.05, 4.69) is 16.2 Å². The summed E-state index contributed by atoms with van der Waals surface area (Å²) in [5.74, 6) is 0. The second-order valence-electron chi connectivity index (χ2n) is 7.37. The molecule has 1 aliphatic heterocycles. The van der Waals surface area contributed by atoms with E-state index in [1.54, 1.807) is 4.90 Å². The molecule has 1 aromatic carbocycles. The maximum absolute atomic E-state index is 12.1. The first-order valence-corrected chi connectivity index (χ1v) is 8.70. The summed E-state index contributed by atoms with van der Waals surface area (Å²) in [5.41, 5.74) is 1.79. The van der Waals surface area contributed by atoms with Gasteiger partial charge >= 0.3 is 6.09 Å². The van der Waals surface area contributed by atoms with Crippen molar-refractivity contribution in [2.75, 3.05) is 26.2 Å². The number of ether oxygens (including phenoxy) is 1. The molecular formula is C19H26N4O2. The molecule has 2 aromatic rings. The second kappa shape index (κ2) is 7.27. The van der Waals surface area contributed by atoms with E-state index in [0.717, 1.165) is 25.3 Å². The number of nitrogens with zero attached hydrogens (tertiary/aromatic N) is 4.